The van der Waals surface area contributed by atoms with Gasteiger partial charge >= 0.3 is 0 Å². The normalized spacial score (nSPS) is 10.1. The fourth-order valence-corrected chi connectivity index (χ4v) is 1.68. The lowest BCUT2D eigenvalue weighted by Crippen LogP contribution is -2.24. The molecule has 116 valence electrons. The Kier molecular flexibility index (Phi) is 5.72. The van der Waals surface area contributed by atoms with Gasteiger partial charge in [0.15, 0.2) is 6.61 Å². The zero-order valence-electron chi connectivity index (χ0n) is 12.5. The van der Waals surface area contributed by atoms with Crippen LogP contribution in [-0.2, 0) is 4.79 Å². The SMILES string of the molecule is COc1ccc(/C=N\NC(=O)COc2ccc(C#N)cc2)cc1. The van der Waals surface area contributed by atoms with E-state index in [1.807, 2.05) is 18.2 Å². The van der Waals surface area contributed by atoms with Crippen molar-refractivity contribution >= 4 is 12.1 Å². The third-order valence-electron chi connectivity index (χ3n) is 2.87. The van der Waals surface area contributed by atoms with E-state index in [9.17, 15) is 4.79 Å². The molecule has 0 fully saturated rings. The topological polar surface area (TPSA) is 83.7 Å². The van der Waals surface area contributed by atoms with Crippen molar-refractivity contribution in [2.45, 2.75) is 0 Å². The molecule has 6 heteroatoms. The van der Waals surface area contributed by atoms with Crippen LogP contribution in [0.2, 0.25) is 0 Å². The van der Waals surface area contributed by atoms with Gasteiger partial charge in [-0.2, -0.15) is 10.4 Å². The number of hydrogen-bond donors (Lipinski definition) is 1. The maximum Gasteiger partial charge on any atom is 0.277 e. The first-order valence-electron chi connectivity index (χ1n) is 6.80. The molecule has 0 saturated heterocycles. The van der Waals surface area contributed by atoms with Gasteiger partial charge in [-0.3, -0.25) is 4.79 Å². The molecule has 0 heterocycles. The van der Waals surface area contributed by atoms with Crippen LogP contribution >= 0.6 is 0 Å². The Morgan fingerprint density at radius 2 is 1.83 bits per heavy atom. The Balaban J connectivity index is 1.77. The average molecular weight is 309 g/mol. The van der Waals surface area contributed by atoms with E-state index in [2.05, 4.69) is 10.5 Å². The monoisotopic (exact) mass is 309 g/mol. The lowest BCUT2D eigenvalue weighted by Gasteiger charge is -2.04. The number of carbonyl (C=O) groups is 1. The van der Waals surface area contributed by atoms with Gasteiger partial charge < -0.3 is 9.47 Å². The minimum absolute atomic E-state index is 0.161. The minimum atomic E-state index is -0.376. The van der Waals surface area contributed by atoms with E-state index in [1.54, 1.807) is 43.5 Å². The van der Waals surface area contributed by atoms with Crippen molar-refractivity contribution in [3.63, 3.8) is 0 Å². The molecule has 1 N–H and O–H groups in total. The first kappa shape index (κ1) is 16.0. The van der Waals surface area contributed by atoms with E-state index in [0.717, 1.165) is 11.3 Å². The Morgan fingerprint density at radius 1 is 1.17 bits per heavy atom. The van der Waals surface area contributed by atoms with Crippen molar-refractivity contribution in [1.82, 2.24) is 5.43 Å². The summed E-state index contributed by atoms with van der Waals surface area (Å²) in [6.45, 7) is -0.161. The Hall–Kier alpha value is -3.33. The summed E-state index contributed by atoms with van der Waals surface area (Å²) in [5.41, 5.74) is 3.74. The van der Waals surface area contributed by atoms with E-state index in [-0.39, 0.29) is 12.5 Å². The first-order valence-corrected chi connectivity index (χ1v) is 6.80. The second kappa shape index (κ2) is 8.20. The lowest BCUT2D eigenvalue weighted by molar-refractivity contribution is -0.123. The van der Waals surface area contributed by atoms with Crippen molar-refractivity contribution in [3.05, 3.63) is 59.7 Å². The molecule has 2 rings (SSSR count). The molecule has 0 saturated carbocycles. The summed E-state index contributed by atoms with van der Waals surface area (Å²) < 4.78 is 10.3. The maximum atomic E-state index is 11.6. The van der Waals surface area contributed by atoms with Crippen LogP contribution in [0.15, 0.2) is 53.6 Å². The predicted molar refractivity (Wildman–Crippen MR) is 85.4 cm³/mol. The molecule has 0 aliphatic carbocycles. The van der Waals surface area contributed by atoms with Crippen LogP contribution in [0.5, 0.6) is 11.5 Å². The standard InChI is InChI=1S/C17H15N3O3/c1-22-15-6-4-14(5-7-15)11-19-20-17(21)12-23-16-8-2-13(10-18)3-9-16/h2-9,11H,12H2,1H3,(H,20,21)/b19-11-. The lowest BCUT2D eigenvalue weighted by atomic mass is 10.2. The summed E-state index contributed by atoms with van der Waals surface area (Å²) >= 11 is 0. The molecule has 0 spiro atoms. The number of nitrogens with zero attached hydrogens (tertiary/aromatic N) is 2. The molecule has 0 aliphatic rings. The molecule has 0 aliphatic heterocycles. The summed E-state index contributed by atoms with van der Waals surface area (Å²) in [6, 6.07) is 15.8. The summed E-state index contributed by atoms with van der Waals surface area (Å²) in [5, 5.41) is 12.5. The van der Waals surface area contributed by atoms with Crippen LogP contribution in [0.25, 0.3) is 0 Å². The highest BCUT2D eigenvalue weighted by molar-refractivity contribution is 5.83. The summed E-state index contributed by atoms with van der Waals surface area (Å²) in [6.07, 6.45) is 1.53. The number of benzene rings is 2. The molecule has 0 atom stereocenters. The van der Waals surface area contributed by atoms with Crippen LogP contribution in [0.3, 0.4) is 0 Å². The van der Waals surface area contributed by atoms with E-state index >= 15 is 0 Å². The minimum Gasteiger partial charge on any atom is -0.497 e. The molecule has 0 radical (unpaired) electrons. The van der Waals surface area contributed by atoms with Crippen LogP contribution in [0.4, 0.5) is 0 Å². The van der Waals surface area contributed by atoms with Gasteiger partial charge in [-0.15, -0.1) is 0 Å². The zero-order valence-corrected chi connectivity index (χ0v) is 12.5. The molecule has 0 unspecified atom stereocenters. The van der Waals surface area contributed by atoms with Gasteiger partial charge in [0.05, 0.1) is 25.0 Å². The molecule has 2 aromatic carbocycles. The van der Waals surface area contributed by atoms with Gasteiger partial charge in [-0.1, -0.05) is 0 Å². The number of hydrogen-bond acceptors (Lipinski definition) is 5. The highest BCUT2D eigenvalue weighted by Crippen LogP contribution is 2.11. The average Bonchev–Trinajstić information content (AvgIpc) is 2.61. The van der Waals surface area contributed by atoms with Gasteiger partial charge in [-0.25, -0.2) is 5.43 Å². The number of nitriles is 1. The maximum absolute atomic E-state index is 11.6. The van der Waals surface area contributed by atoms with Crippen LogP contribution in [0, 0.1) is 11.3 Å². The molecule has 1 amide bonds. The number of ether oxygens (including phenoxy) is 2. The van der Waals surface area contributed by atoms with E-state index in [1.165, 1.54) is 6.21 Å². The molecule has 0 aromatic heterocycles. The number of methoxy groups -OCH3 is 1. The van der Waals surface area contributed by atoms with Crippen molar-refractivity contribution < 1.29 is 14.3 Å². The molecule has 0 bridgehead atoms. The van der Waals surface area contributed by atoms with E-state index < -0.39 is 0 Å². The Morgan fingerprint density at radius 3 is 2.43 bits per heavy atom. The van der Waals surface area contributed by atoms with Crippen molar-refractivity contribution in [2.75, 3.05) is 13.7 Å². The highest BCUT2D eigenvalue weighted by atomic mass is 16.5. The van der Waals surface area contributed by atoms with Crippen LogP contribution in [0.1, 0.15) is 11.1 Å². The van der Waals surface area contributed by atoms with Crippen molar-refractivity contribution in [1.29, 1.82) is 5.26 Å². The van der Waals surface area contributed by atoms with Gasteiger partial charge in [0.1, 0.15) is 11.5 Å². The second-order valence-corrected chi connectivity index (χ2v) is 4.49. The quantitative estimate of drug-likeness (QED) is 0.654. The summed E-state index contributed by atoms with van der Waals surface area (Å²) in [5.74, 6) is 0.888. The summed E-state index contributed by atoms with van der Waals surface area (Å²) in [7, 11) is 1.59. The second-order valence-electron chi connectivity index (χ2n) is 4.49. The smallest absolute Gasteiger partial charge is 0.277 e. The Bertz CT molecular complexity index is 716. The van der Waals surface area contributed by atoms with Gasteiger partial charge in [0, 0.05) is 0 Å². The van der Waals surface area contributed by atoms with Gasteiger partial charge in [0.25, 0.3) is 5.91 Å². The fraction of sp³-hybridized carbons (Fsp3) is 0.118. The molecular weight excluding hydrogens is 294 g/mol. The third-order valence-corrected chi connectivity index (χ3v) is 2.87. The van der Waals surface area contributed by atoms with Crippen molar-refractivity contribution in [3.8, 4) is 17.6 Å². The number of carbonyl (C=O) groups excluding carboxylic acids is 1. The number of nitrogens with one attached hydrogen (secondary N) is 1. The summed E-state index contributed by atoms with van der Waals surface area (Å²) in [4.78, 5) is 11.6. The molecule has 6 nitrogen and oxygen atoms in total. The highest BCUT2D eigenvalue weighted by Gasteiger charge is 2.01. The zero-order chi connectivity index (χ0) is 16.5. The van der Waals surface area contributed by atoms with Crippen LogP contribution in [-0.4, -0.2) is 25.8 Å². The Labute approximate surface area is 134 Å². The number of rotatable bonds is 6. The number of amides is 1. The molecular formula is C17H15N3O3. The first-order chi connectivity index (χ1) is 11.2. The number of hydrazone groups is 1. The third kappa shape index (κ3) is 5.17. The van der Waals surface area contributed by atoms with Crippen LogP contribution < -0.4 is 14.9 Å². The fourth-order valence-electron chi connectivity index (χ4n) is 1.68. The van der Waals surface area contributed by atoms with Crippen molar-refractivity contribution in [2.24, 2.45) is 5.10 Å². The molecule has 2 aromatic rings. The van der Waals surface area contributed by atoms with Gasteiger partial charge in [0.2, 0.25) is 0 Å². The largest absolute Gasteiger partial charge is 0.497 e. The molecule has 23 heavy (non-hydrogen) atoms. The van der Waals surface area contributed by atoms with E-state index in [0.29, 0.717) is 11.3 Å². The van der Waals surface area contributed by atoms with Gasteiger partial charge in [-0.05, 0) is 54.1 Å². The van der Waals surface area contributed by atoms with E-state index in [4.69, 9.17) is 14.7 Å². The predicted octanol–water partition coefficient (Wildman–Crippen LogP) is 2.10.